The van der Waals surface area contributed by atoms with Gasteiger partial charge in [-0.15, -0.1) is 0 Å². The van der Waals surface area contributed by atoms with E-state index < -0.39 is 5.69 Å². The fraction of sp³-hybridized carbons (Fsp3) is 0.357. The maximum atomic E-state index is 12.3. The van der Waals surface area contributed by atoms with E-state index in [1.165, 1.54) is 16.7 Å². The van der Waals surface area contributed by atoms with Gasteiger partial charge >= 0.3 is 5.69 Å². The van der Waals surface area contributed by atoms with Crippen LogP contribution in [0.2, 0.25) is 0 Å². The summed E-state index contributed by atoms with van der Waals surface area (Å²) in [6.45, 7) is 4.06. The molecule has 8 heteroatoms. The molecule has 0 spiro atoms. The van der Waals surface area contributed by atoms with Crippen LogP contribution in [0.4, 0.5) is 5.95 Å². The minimum atomic E-state index is -0.460. The Bertz CT molecular complexity index is 729. The van der Waals surface area contributed by atoms with Gasteiger partial charge in [0.1, 0.15) is 5.82 Å². The highest BCUT2D eigenvalue weighted by molar-refractivity contribution is 5.49. The molecule has 2 N–H and O–H groups in total. The second kappa shape index (κ2) is 6.44. The average molecular weight is 305 g/mol. The van der Waals surface area contributed by atoms with Crippen molar-refractivity contribution in [1.29, 1.82) is 0 Å². The summed E-state index contributed by atoms with van der Waals surface area (Å²) in [5.41, 5.74) is 0.130. The van der Waals surface area contributed by atoms with Crippen LogP contribution in [0.25, 0.3) is 5.69 Å². The van der Waals surface area contributed by atoms with E-state index in [-0.39, 0.29) is 5.95 Å². The van der Waals surface area contributed by atoms with Crippen LogP contribution in [0.1, 0.15) is 12.7 Å². The largest absolute Gasteiger partial charge is 0.493 e. The van der Waals surface area contributed by atoms with Crippen molar-refractivity contribution in [2.75, 3.05) is 25.8 Å². The van der Waals surface area contributed by atoms with Gasteiger partial charge in [0.05, 0.1) is 19.9 Å². The van der Waals surface area contributed by atoms with E-state index in [1.807, 2.05) is 6.92 Å². The lowest BCUT2D eigenvalue weighted by Crippen LogP contribution is -2.36. The molecule has 8 nitrogen and oxygen atoms in total. The summed E-state index contributed by atoms with van der Waals surface area (Å²) >= 11 is 0. The van der Waals surface area contributed by atoms with Crippen molar-refractivity contribution >= 4 is 5.95 Å². The number of anilines is 1. The van der Waals surface area contributed by atoms with Gasteiger partial charge in [-0.2, -0.15) is 9.97 Å². The van der Waals surface area contributed by atoms with E-state index in [4.69, 9.17) is 15.3 Å². The molecule has 118 valence electrons. The van der Waals surface area contributed by atoms with Crippen LogP contribution in [0.15, 0.2) is 23.0 Å². The van der Waals surface area contributed by atoms with Crippen molar-refractivity contribution < 1.29 is 9.47 Å². The predicted molar refractivity (Wildman–Crippen MR) is 82.7 cm³/mol. The van der Waals surface area contributed by atoms with Gasteiger partial charge in [0, 0.05) is 12.6 Å². The van der Waals surface area contributed by atoms with Gasteiger partial charge in [-0.05, 0) is 26.0 Å². The number of methoxy groups -OCH3 is 2. The average Bonchev–Trinajstić information content (AvgIpc) is 2.53. The standard InChI is InChI=1S/C14H19N5O3/c1-5-18(15)13-16-9(2)19(14(20)17-13)10-6-7-11(21-3)12(8-10)22-4/h6-8H,5,15H2,1-4H3. The van der Waals surface area contributed by atoms with Crippen LogP contribution in [-0.4, -0.2) is 35.3 Å². The maximum absolute atomic E-state index is 12.3. The SMILES string of the molecule is CCN(N)c1nc(C)n(-c2ccc(OC)c(OC)c2)c(=O)n1. The number of ether oxygens (including phenoxy) is 2. The minimum absolute atomic E-state index is 0.196. The van der Waals surface area contributed by atoms with E-state index in [1.54, 1.807) is 32.2 Å². The molecular weight excluding hydrogens is 286 g/mol. The Balaban J connectivity index is 2.56. The molecular formula is C14H19N5O3. The summed E-state index contributed by atoms with van der Waals surface area (Å²) in [4.78, 5) is 20.5. The fourth-order valence-electron chi connectivity index (χ4n) is 2.02. The molecule has 0 amide bonds. The molecule has 0 saturated heterocycles. The quantitative estimate of drug-likeness (QED) is 0.640. The summed E-state index contributed by atoms with van der Waals surface area (Å²) in [5, 5.41) is 1.31. The highest BCUT2D eigenvalue weighted by Crippen LogP contribution is 2.28. The molecule has 0 fully saturated rings. The van der Waals surface area contributed by atoms with Crippen molar-refractivity contribution in [3.8, 4) is 17.2 Å². The van der Waals surface area contributed by atoms with Crippen LogP contribution < -0.4 is 26.0 Å². The lowest BCUT2D eigenvalue weighted by molar-refractivity contribution is 0.355. The third-order valence-electron chi connectivity index (χ3n) is 3.20. The topological polar surface area (TPSA) is 95.5 Å². The van der Waals surface area contributed by atoms with E-state index in [2.05, 4.69) is 9.97 Å². The van der Waals surface area contributed by atoms with Crippen LogP contribution in [0.3, 0.4) is 0 Å². The Morgan fingerprint density at radius 1 is 1.23 bits per heavy atom. The molecule has 1 heterocycles. The van der Waals surface area contributed by atoms with Gasteiger partial charge in [0.15, 0.2) is 11.5 Å². The molecule has 0 atom stereocenters. The number of nitrogens with two attached hydrogens (primary N) is 1. The fourth-order valence-corrected chi connectivity index (χ4v) is 2.02. The van der Waals surface area contributed by atoms with Gasteiger partial charge in [0.2, 0.25) is 5.95 Å². The zero-order valence-corrected chi connectivity index (χ0v) is 13.0. The van der Waals surface area contributed by atoms with Crippen molar-refractivity contribution in [3.63, 3.8) is 0 Å². The molecule has 0 bridgehead atoms. The molecule has 0 aliphatic heterocycles. The maximum Gasteiger partial charge on any atom is 0.356 e. The second-order valence-corrected chi connectivity index (χ2v) is 4.51. The highest BCUT2D eigenvalue weighted by atomic mass is 16.5. The number of rotatable bonds is 5. The Morgan fingerprint density at radius 3 is 2.45 bits per heavy atom. The zero-order chi connectivity index (χ0) is 16.3. The lowest BCUT2D eigenvalue weighted by Gasteiger charge is -2.16. The van der Waals surface area contributed by atoms with E-state index in [0.29, 0.717) is 29.6 Å². The summed E-state index contributed by atoms with van der Waals surface area (Å²) in [5.74, 6) is 7.50. The molecule has 1 aromatic carbocycles. The molecule has 2 rings (SSSR count). The smallest absolute Gasteiger partial charge is 0.356 e. The number of aromatic nitrogens is 3. The van der Waals surface area contributed by atoms with Crippen molar-refractivity contribution in [3.05, 3.63) is 34.5 Å². The van der Waals surface area contributed by atoms with Crippen LogP contribution in [0, 0.1) is 6.92 Å². The first-order valence-corrected chi connectivity index (χ1v) is 6.74. The molecule has 0 aliphatic rings. The van der Waals surface area contributed by atoms with Crippen LogP contribution >= 0.6 is 0 Å². The number of aryl methyl sites for hydroxylation is 1. The minimum Gasteiger partial charge on any atom is -0.493 e. The third-order valence-corrected chi connectivity index (χ3v) is 3.20. The zero-order valence-electron chi connectivity index (χ0n) is 13.0. The van der Waals surface area contributed by atoms with Crippen molar-refractivity contribution in [1.82, 2.24) is 14.5 Å². The number of hydrogen-bond acceptors (Lipinski definition) is 7. The summed E-state index contributed by atoms with van der Waals surface area (Å²) in [6, 6.07) is 5.14. The van der Waals surface area contributed by atoms with Crippen LogP contribution in [0.5, 0.6) is 11.5 Å². The first-order chi connectivity index (χ1) is 10.5. The Morgan fingerprint density at radius 2 is 1.91 bits per heavy atom. The monoisotopic (exact) mass is 305 g/mol. The summed E-state index contributed by atoms with van der Waals surface area (Å²) in [6.07, 6.45) is 0. The Kier molecular flexibility index (Phi) is 4.62. The molecule has 2 aromatic rings. The van der Waals surface area contributed by atoms with Gasteiger partial charge in [-0.3, -0.25) is 5.01 Å². The predicted octanol–water partition coefficient (Wildman–Crippen LogP) is 0.653. The number of nitrogens with zero attached hydrogens (tertiary/aromatic N) is 4. The van der Waals surface area contributed by atoms with E-state index in [0.717, 1.165) is 0 Å². The second-order valence-electron chi connectivity index (χ2n) is 4.51. The van der Waals surface area contributed by atoms with E-state index in [9.17, 15) is 4.79 Å². The molecule has 22 heavy (non-hydrogen) atoms. The van der Waals surface area contributed by atoms with Crippen molar-refractivity contribution in [2.24, 2.45) is 5.84 Å². The van der Waals surface area contributed by atoms with Gasteiger partial charge in [0.25, 0.3) is 0 Å². The van der Waals surface area contributed by atoms with Crippen molar-refractivity contribution in [2.45, 2.75) is 13.8 Å². The summed E-state index contributed by atoms with van der Waals surface area (Å²) < 4.78 is 11.8. The van der Waals surface area contributed by atoms with E-state index >= 15 is 0 Å². The Labute approximate surface area is 128 Å². The first kappa shape index (κ1) is 15.8. The molecule has 0 aliphatic carbocycles. The molecule has 1 aromatic heterocycles. The number of hydrogen-bond donors (Lipinski definition) is 1. The lowest BCUT2D eigenvalue weighted by atomic mass is 10.2. The third kappa shape index (κ3) is 2.86. The molecule has 0 saturated carbocycles. The summed E-state index contributed by atoms with van der Waals surface area (Å²) in [7, 11) is 3.08. The van der Waals surface area contributed by atoms with Crippen LogP contribution in [-0.2, 0) is 0 Å². The number of hydrazine groups is 1. The first-order valence-electron chi connectivity index (χ1n) is 6.74. The molecule has 0 radical (unpaired) electrons. The number of benzene rings is 1. The Hall–Kier alpha value is -2.61. The normalized spacial score (nSPS) is 10.4. The van der Waals surface area contributed by atoms with Gasteiger partial charge in [-0.1, -0.05) is 0 Å². The molecule has 0 unspecified atom stereocenters. The van der Waals surface area contributed by atoms with Gasteiger partial charge in [-0.25, -0.2) is 15.2 Å². The van der Waals surface area contributed by atoms with Gasteiger partial charge < -0.3 is 9.47 Å². The highest BCUT2D eigenvalue weighted by Gasteiger charge is 2.13.